The number of ether oxygens (including phenoxy) is 1. The zero-order valence-electron chi connectivity index (χ0n) is 12.5. The number of unbranched alkanes of at least 4 members (excludes halogenated alkanes) is 1. The summed E-state index contributed by atoms with van der Waals surface area (Å²) in [4.78, 5) is 16.5. The van der Waals surface area contributed by atoms with Gasteiger partial charge < -0.3 is 9.64 Å². The number of nitrogens with zero attached hydrogens (tertiary/aromatic N) is 2. The highest BCUT2D eigenvalue weighted by molar-refractivity contribution is 5.81. The second-order valence-corrected chi connectivity index (χ2v) is 5.51. The Bertz CT molecular complexity index is 261. The Hall–Kier alpha value is -0.610. The maximum Gasteiger partial charge on any atom is 0.239 e. The van der Waals surface area contributed by atoms with Gasteiger partial charge in [0.25, 0.3) is 0 Å². The fraction of sp³-hybridized carbons (Fsp3) is 0.929. The zero-order valence-corrected chi connectivity index (χ0v) is 12.5. The quantitative estimate of drug-likeness (QED) is 0.751. The topological polar surface area (TPSA) is 32.8 Å². The van der Waals surface area contributed by atoms with Gasteiger partial charge in [0, 0.05) is 13.1 Å². The van der Waals surface area contributed by atoms with E-state index >= 15 is 0 Å². The molecule has 106 valence electrons. The van der Waals surface area contributed by atoms with Crippen LogP contribution in [0.15, 0.2) is 0 Å². The second-order valence-electron chi connectivity index (χ2n) is 5.51. The molecule has 1 aliphatic rings. The number of rotatable bonds is 5. The molecule has 3 atom stereocenters. The van der Waals surface area contributed by atoms with Gasteiger partial charge in [-0.25, -0.2) is 0 Å². The molecule has 1 heterocycles. The predicted octanol–water partition coefficient (Wildman–Crippen LogP) is 1.74. The molecule has 0 aromatic heterocycles. The van der Waals surface area contributed by atoms with E-state index < -0.39 is 0 Å². The van der Waals surface area contributed by atoms with Crippen LogP contribution in [0.2, 0.25) is 0 Å². The lowest BCUT2D eigenvalue weighted by Gasteiger charge is -2.38. The lowest BCUT2D eigenvalue weighted by atomic mass is 10.1. The highest BCUT2D eigenvalue weighted by Crippen LogP contribution is 2.13. The third-order valence-electron chi connectivity index (χ3n) is 3.61. The van der Waals surface area contributed by atoms with Crippen LogP contribution in [0.4, 0.5) is 0 Å². The van der Waals surface area contributed by atoms with Crippen LogP contribution in [0.3, 0.4) is 0 Å². The Morgan fingerprint density at radius 1 is 1.39 bits per heavy atom. The Kier molecular flexibility index (Phi) is 6.09. The third kappa shape index (κ3) is 4.25. The van der Waals surface area contributed by atoms with Crippen LogP contribution in [0.25, 0.3) is 0 Å². The minimum absolute atomic E-state index is 0.0333. The first-order valence-corrected chi connectivity index (χ1v) is 7.10. The van der Waals surface area contributed by atoms with E-state index in [0.29, 0.717) is 0 Å². The summed E-state index contributed by atoms with van der Waals surface area (Å²) in [5.74, 6) is 0.232. The minimum atomic E-state index is -0.0333. The normalized spacial score (nSPS) is 26.4. The van der Waals surface area contributed by atoms with Gasteiger partial charge in [0.2, 0.25) is 5.91 Å². The maximum atomic E-state index is 12.4. The summed E-state index contributed by atoms with van der Waals surface area (Å²) in [6.07, 6.45) is 2.60. The summed E-state index contributed by atoms with van der Waals surface area (Å²) in [5, 5.41) is 0. The van der Waals surface area contributed by atoms with E-state index in [0.717, 1.165) is 32.5 Å². The highest BCUT2D eigenvalue weighted by Gasteiger charge is 2.29. The summed E-state index contributed by atoms with van der Waals surface area (Å²) in [6, 6.07) is -0.0333. The standard InChI is InChI=1S/C14H28N2O2/c1-6-7-8-15(5)13(4)14(17)16-9-11(2)18-12(3)10-16/h11-13H,6-10H2,1-5H3. The smallest absolute Gasteiger partial charge is 0.239 e. The van der Waals surface area contributed by atoms with E-state index in [1.807, 2.05) is 32.7 Å². The van der Waals surface area contributed by atoms with Crippen molar-refractivity contribution in [3.8, 4) is 0 Å². The first kappa shape index (κ1) is 15.4. The Morgan fingerprint density at radius 3 is 2.44 bits per heavy atom. The molecule has 3 unspecified atom stereocenters. The molecule has 1 aliphatic heterocycles. The average molecular weight is 256 g/mol. The van der Waals surface area contributed by atoms with Crippen molar-refractivity contribution >= 4 is 5.91 Å². The van der Waals surface area contributed by atoms with Gasteiger partial charge in [-0.1, -0.05) is 13.3 Å². The van der Waals surface area contributed by atoms with Crippen molar-refractivity contribution in [1.82, 2.24) is 9.80 Å². The van der Waals surface area contributed by atoms with Crippen molar-refractivity contribution in [2.24, 2.45) is 0 Å². The molecule has 1 amide bonds. The molecular formula is C14H28N2O2. The summed E-state index contributed by atoms with van der Waals surface area (Å²) >= 11 is 0. The maximum absolute atomic E-state index is 12.4. The largest absolute Gasteiger partial charge is 0.372 e. The van der Waals surface area contributed by atoms with Gasteiger partial charge in [-0.2, -0.15) is 0 Å². The van der Waals surface area contributed by atoms with E-state index in [1.165, 1.54) is 0 Å². The van der Waals surface area contributed by atoms with E-state index in [4.69, 9.17) is 4.74 Å². The van der Waals surface area contributed by atoms with Gasteiger partial charge in [-0.05, 0) is 40.8 Å². The van der Waals surface area contributed by atoms with Crippen molar-refractivity contribution in [3.63, 3.8) is 0 Å². The summed E-state index contributed by atoms with van der Waals surface area (Å²) in [6.45, 7) is 10.7. The number of morpholine rings is 1. The predicted molar refractivity (Wildman–Crippen MR) is 73.6 cm³/mol. The summed E-state index contributed by atoms with van der Waals surface area (Å²) in [7, 11) is 2.03. The molecule has 0 aromatic carbocycles. The van der Waals surface area contributed by atoms with Crippen LogP contribution in [0.5, 0.6) is 0 Å². The van der Waals surface area contributed by atoms with Crippen LogP contribution in [0.1, 0.15) is 40.5 Å². The van der Waals surface area contributed by atoms with E-state index in [-0.39, 0.29) is 24.2 Å². The molecule has 18 heavy (non-hydrogen) atoms. The van der Waals surface area contributed by atoms with Gasteiger partial charge in [-0.15, -0.1) is 0 Å². The third-order valence-corrected chi connectivity index (χ3v) is 3.61. The van der Waals surface area contributed by atoms with Crippen molar-refractivity contribution in [2.75, 3.05) is 26.7 Å². The van der Waals surface area contributed by atoms with Crippen LogP contribution in [-0.2, 0) is 9.53 Å². The monoisotopic (exact) mass is 256 g/mol. The fourth-order valence-corrected chi connectivity index (χ4v) is 2.41. The number of hydrogen-bond acceptors (Lipinski definition) is 3. The number of carbonyl (C=O) groups excluding carboxylic acids is 1. The highest BCUT2D eigenvalue weighted by atomic mass is 16.5. The van der Waals surface area contributed by atoms with Crippen LogP contribution in [-0.4, -0.2) is 60.6 Å². The van der Waals surface area contributed by atoms with Crippen LogP contribution < -0.4 is 0 Å². The van der Waals surface area contributed by atoms with E-state index in [1.54, 1.807) is 0 Å². The van der Waals surface area contributed by atoms with Gasteiger partial charge >= 0.3 is 0 Å². The van der Waals surface area contributed by atoms with Crippen molar-refractivity contribution in [1.29, 1.82) is 0 Å². The van der Waals surface area contributed by atoms with Crippen molar-refractivity contribution in [3.05, 3.63) is 0 Å². The van der Waals surface area contributed by atoms with Gasteiger partial charge in [0.15, 0.2) is 0 Å². The zero-order chi connectivity index (χ0) is 13.7. The molecule has 1 rings (SSSR count). The van der Waals surface area contributed by atoms with Gasteiger partial charge in [0.05, 0.1) is 18.2 Å². The summed E-state index contributed by atoms with van der Waals surface area (Å²) < 4.78 is 5.66. The molecule has 0 spiro atoms. The molecule has 4 nitrogen and oxygen atoms in total. The van der Waals surface area contributed by atoms with Crippen molar-refractivity contribution in [2.45, 2.75) is 58.8 Å². The molecule has 0 bridgehead atoms. The SMILES string of the molecule is CCCCN(C)C(C)C(=O)N1CC(C)OC(C)C1. The van der Waals surface area contributed by atoms with Gasteiger partial charge in [0.1, 0.15) is 0 Å². The molecule has 0 saturated carbocycles. The lowest BCUT2D eigenvalue weighted by molar-refractivity contribution is -0.147. The molecule has 4 heteroatoms. The molecule has 0 aromatic rings. The molecule has 1 saturated heterocycles. The van der Waals surface area contributed by atoms with Crippen LogP contribution in [0, 0.1) is 0 Å². The Balaban J connectivity index is 2.51. The first-order chi connectivity index (χ1) is 8.45. The minimum Gasteiger partial charge on any atom is -0.372 e. The van der Waals surface area contributed by atoms with E-state index in [2.05, 4.69) is 11.8 Å². The molecule has 0 N–H and O–H groups in total. The number of carbonyl (C=O) groups is 1. The Labute approximate surface area is 111 Å². The molecule has 0 aliphatic carbocycles. The van der Waals surface area contributed by atoms with Crippen LogP contribution >= 0.6 is 0 Å². The average Bonchev–Trinajstić information content (AvgIpc) is 2.32. The Morgan fingerprint density at radius 2 is 1.94 bits per heavy atom. The lowest BCUT2D eigenvalue weighted by Crippen LogP contribution is -2.53. The van der Waals surface area contributed by atoms with E-state index in [9.17, 15) is 4.79 Å². The summed E-state index contributed by atoms with van der Waals surface area (Å²) in [5.41, 5.74) is 0. The first-order valence-electron chi connectivity index (χ1n) is 7.10. The fourth-order valence-electron chi connectivity index (χ4n) is 2.41. The number of amides is 1. The molecular weight excluding hydrogens is 228 g/mol. The van der Waals surface area contributed by atoms with Crippen molar-refractivity contribution < 1.29 is 9.53 Å². The molecule has 0 radical (unpaired) electrons. The molecule has 1 fully saturated rings. The number of likely N-dealkylation sites (N-methyl/N-ethyl adjacent to an activating group) is 1. The number of hydrogen-bond donors (Lipinski definition) is 0. The van der Waals surface area contributed by atoms with Gasteiger partial charge in [-0.3, -0.25) is 9.69 Å². The second kappa shape index (κ2) is 7.10.